The van der Waals surface area contributed by atoms with Gasteiger partial charge in [-0.25, -0.2) is 4.98 Å². The molecule has 1 aromatic heterocycles. The van der Waals surface area contributed by atoms with E-state index >= 15 is 0 Å². The molecule has 0 saturated heterocycles. The second kappa shape index (κ2) is 9.08. The standard InChI is InChI=1S/C25H23Cl2N3/c1-16-7-9-17(10-8-16)22-13-18(15-28)25(29-20-5-3-2-4-6-20)30-24(22)21-12-11-19(26)14-23(21)27/h7-14,20H,2-6H2,1H3,(H,29,30). The van der Waals surface area contributed by atoms with Crippen LogP contribution in [0.25, 0.3) is 22.4 Å². The number of nitriles is 1. The minimum Gasteiger partial charge on any atom is -0.366 e. The first-order valence-corrected chi connectivity index (χ1v) is 11.0. The van der Waals surface area contributed by atoms with Crippen molar-refractivity contribution >= 4 is 29.0 Å². The number of nitrogens with one attached hydrogen (secondary N) is 1. The van der Waals surface area contributed by atoms with E-state index < -0.39 is 0 Å². The summed E-state index contributed by atoms with van der Waals surface area (Å²) in [5, 5.41) is 14.5. The van der Waals surface area contributed by atoms with Gasteiger partial charge in [0.2, 0.25) is 0 Å². The van der Waals surface area contributed by atoms with Crippen molar-refractivity contribution in [3.8, 4) is 28.5 Å². The van der Waals surface area contributed by atoms with E-state index in [9.17, 15) is 5.26 Å². The summed E-state index contributed by atoms with van der Waals surface area (Å²) in [6.07, 6.45) is 5.88. The highest BCUT2D eigenvalue weighted by Crippen LogP contribution is 2.38. The maximum absolute atomic E-state index is 9.84. The second-order valence-electron chi connectivity index (χ2n) is 7.86. The topological polar surface area (TPSA) is 48.7 Å². The molecule has 1 N–H and O–H groups in total. The van der Waals surface area contributed by atoms with E-state index in [1.54, 1.807) is 6.07 Å². The van der Waals surface area contributed by atoms with Crippen molar-refractivity contribution in [2.75, 3.05) is 5.32 Å². The van der Waals surface area contributed by atoms with Gasteiger partial charge in [-0.15, -0.1) is 0 Å². The molecule has 5 heteroatoms. The molecular formula is C25H23Cl2N3. The lowest BCUT2D eigenvalue weighted by atomic mass is 9.94. The van der Waals surface area contributed by atoms with Crippen LogP contribution in [0.5, 0.6) is 0 Å². The first kappa shape index (κ1) is 20.7. The molecule has 0 radical (unpaired) electrons. The molecule has 2 aromatic carbocycles. The van der Waals surface area contributed by atoms with Crippen LogP contribution in [0, 0.1) is 18.3 Å². The van der Waals surface area contributed by atoms with Crippen LogP contribution in [-0.2, 0) is 0 Å². The van der Waals surface area contributed by atoms with Gasteiger partial charge in [-0.3, -0.25) is 0 Å². The molecule has 1 saturated carbocycles. The number of nitrogens with zero attached hydrogens (tertiary/aromatic N) is 2. The first-order valence-electron chi connectivity index (χ1n) is 10.3. The summed E-state index contributed by atoms with van der Waals surface area (Å²) in [6.45, 7) is 2.05. The molecule has 1 heterocycles. The Bertz CT molecular complexity index is 1090. The Morgan fingerprint density at radius 3 is 2.37 bits per heavy atom. The number of hydrogen-bond donors (Lipinski definition) is 1. The van der Waals surface area contributed by atoms with Crippen molar-refractivity contribution in [1.29, 1.82) is 5.26 Å². The van der Waals surface area contributed by atoms with E-state index in [1.807, 2.05) is 18.2 Å². The molecule has 4 rings (SSSR count). The summed E-state index contributed by atoms with van der Waals surface area (Å²) in [4.78, 5) is 4.94. The largest absolute Gasteiger partial charge is 0.366 e. The van der Waals surface area contributed by atoms with E-state index in [2.05, 4.69) is 42.6 Å². The minimum atomic E-state index is 0.345. The maximum Gasteiger partial charge on any atom is 0.144 e. The number of rotatable bonds is 4. The SMILES string of the molecule is Cc1ccc(-c2cc(C#N)c(NC3CCCCC3)nc2-c2ccc(Cl)cc2Cl)cc1. The van der Waals surface area contributed by atoms with Crippen molar-refractivity contribution in [3.63, 3.8) is 0 Å². The van der Waals surface area contributed by atoms with Crippen LogP contribution in [-0.4, -0.2) is 11.0 Å². The zero-order valence-corrected chi connectivity index (χ0v) is 18.4. The van der Waals surface area contributed by atoms with E-state index in [4.69, 9.17) is 28.2 Å². The molecule has 30 heavy (non-hydrogen) atoms. The number of aryl methyl sites for hydroxylation is 1. The zero-order valence-electron chi connectivity index (χ0n) is 16.9. The fourth-order valence-electron chi connectivity index (χ4n) is 3.99. The third-order valence-electron chi connectivity index (χ3n) is 5.64. The average Bonchev–Trinajstić information content (AvgIpc) is 2.75. The van der Waals surface area contributed by atoms with Crippen LogP contribution in [0.2, 0.25) is 10.0 Å². The fourth-order valence-corrected chi connectivity index (χ4v) is 4.49. The van der Waals surface area contributed by atoms with Crippen LogP contribution in [0.4, 0.5) is 5.82 Å². The molecule has 3 nitrogen and oxygen atoms in total. The van der Waals surface area contributed by atoms with Crippen LogP contribution >= 0.6 is 23.2 Å². The number of pyridine rings is 1. The van der Waals surface area contributed by atoms with Crippen LogP contribution < -0.4 is 5.32 Å². The summed E-state index contributed by atoms with van der Waals surface area (Å²) in [5.41, 5.74) is 5.14. The summed E-state index contributed by atoms with van der Waals surface area (Å²) in [6, 6.07) is 18.2. The predicted octanol–water partition coefficient (Wildman–Crippen LogP) is 7.65. The highest BCUT2D eigenvalue weighted by molar-refractivity contribution is 6.36. The fraction of sp³-hybridized carbons (Fsp3) is 0.280. The van der Waals surface area contributed by atoms with Gasteiger partial charge in [0.15, 0.2) is 0 Å². The van der Waals surface area contributed by atoms with Gasteiger partial charge in [0.25, 0.3) is 0 Å². The van der Waals surface area contributed by atoms with Crippen LogP contribution in [0.15, 0.2) is 48.5 Å². The van der Waals surface area contributed by atoms with Crippen molar-refractivity contribution in [2.24, 2.45) is 0 Å². The van der Waals surface area contributed by atoms with Gasteiger partial charge in [-0.2, -0.15) is 5.26 Å². The van der Waals surface area contributed by atoms with E-state index in [-0.39, 0.29) is 0 Å². The van der Waals surface area contributed by atoms with Gasteiger partial charge in [0, 0.05) is 22.2 Å². The Morgan fingerprint density at radius 1 is 0.967 bits per heavy atom. The first-order chi connectivity index (χ1) is 14.5. The number of halogens is 2. The van der Waals surface area contributed by atoms with Crippen molar-refractivity contribution in [3.05, 3.63) is 69.7 Å². The molecule has 0 bridgehead atoms. The molecule has 1 aliphatic rings. The Balaban J connectivity index is 1.87. The highest BCUT2D eigenvalue weighted by atomic mass is 35.5. The molecule has 152 valence electrons. The number of aromatic nitrogens is 1. The normalized spacial score (nSPS) is 14.3. The molecular weight excluding hydrogens is 413 g/mol. The third kappa shape index (κ3) is 4.46. The van der Waals surface area contributed by atoms with Crippen molar-refractivity contribution < 1.29 is 0 Å². The van der Waals surface area contributed by atoms with Gasteiger partial charge in [-0.05, 0) is 49.6 Å². The van der Waals surface area contributed by atoms with E-state index in [0.29, 0.717) is 27.5 Å². The third-order valence-corrected chi connectivity index (χ3v) is 6.19. The molecule has 0 aliphatic heterocycles. The number of hydrogen-bond acceptors (Lipinski definition) is 3. The van der Waals surface area contributed by atoms with E-state index in [0.717, 1.165) is 35.2 Å². The zero-order chi connectivity index (χ0) is 21.1. The minimum absolute atomic E-state index is 0.345. The average molecular weight is 436 g/mol. The second-order valence-corrected chi connectivity index (χ2v) is 8.71. The van der Waals surface area contributed by atoms with Gasteiger partial charge >= 0.3 is 0 Å². The Morgan fingerprint density at radius 2 is 1.70 bits per heavy atom. The lowest BCUT2D eigenvalue weighted by Gasteiger charge is -2.24. The number of benzene rings is 2. The molecule has 0 amide bonds. The van der Waals surface area contributed by atoms with Gasteiger partial charge in [0.1, 0.15) is 11.9 Å². The van der Waals surface area contributed by atoms with E-state index in [1.165, 1.54) is 24.8 Å². The van der Waals surface area contributed by atoms with Gasteiger partial charge in [0.05, 0.1) is 16.3 Å². The van der Waals surface area contributed by atoms with Gasteiger partial charge in [-0.1, -0.05) is 72.3 Å². The molecule has 1 aliphatic carbocycles. The molecule has 0 unspecified atom stereocenters. The quantitative estimate of drug-likeness (QED) is 0.457. The summed E-state index contributed by atoms with van der Waals surface area (Å²) in [7, 11) is 0. The van der Waals surface area contributed by atoms with Crippen molar-refractivity contribution in [2.45, 2.75) is 45.1 Å². The highest BCUT2D eigenvalue weighted by Gasteiger charge is 2.20. The molecule has 0 atom stereocenters. The summed E-state index contributed by atoms with van der Waals surface area (Å²) in [5.74, 6) is 0.626. The Labute approximate surface area is 187 Å². The molecule has 1 fully saturated rings. The van der Waals surface area contributed by atoms with Crippen molar-refractivity contribution in [1.82, 2.24) is 4.98 Å². The maximum atomic E-state index is 9.84. The Kier molecular flexibility index (Phi) is 6.27. The summed E-state index contributed by atoms with van der Waals surface area (Å²) >= 11 is 12.7. The molecule has 3 aromatic rings. The van der Waals surface area contributed by atoms with Gasteiger partial charge < -0.3 is 5.32 Å². The van der Waals surface area contributed by atoms with Crippen LogP contribution in [0.1, 0.15) is 43.2 Å². The lowest BCUT2D eigenvalue weighted by Crippen LogP contribution is -2.23. The monoisotopic (exact) mass is 435 g/mol. The smallest absolute Gasteiger partial charge is 0.144 e. The summed E-state index contributed by atoms with van der Waals surface area (Å²) < 4.78 is 0. The predicted molar refractivity (Wildman–Crippen MR) is 125 cm³/mol. The Hall–Kier alpha value is -2.54. The van der Waals surface area contributed by atoms with Crippen LogP contribution in [0.3, 0.4) is 0 Å². The molecule has 0 spiro atoms. The lowest BCUT2D eigenvalue weighted by molar-refractivity contribution is 0.462. The number of anilines is 1.